The van der Waals surface area contributed by atoms with E-state index < -0.39 is 5.60 Å². The van der Waals surface area contributed by atoms with E-state index in [4.69, 9.17) is 0 Å². The molecule has 0 aliphatic carbocycles. The Labute approximate surface area is 108 Å². The largest absolute Gasteiger partial charge is 0.379 e. The first-order valence-electron chi connectivity index (χ1n) is 6.52. The Kier molecular flexibility index (Phi) is 3.82. The summed E-state index contributed by atoms with van der Waals surface area (Å²) in [5.41, 5.74) is 0.864. The highest BCUT2D eigenvalue weighted by Gasteiger charge is 2.33. The molecule has 1 atom stereocenters. The molecular formula is C15H20N2O. The molecule has 96 valence electrons. The number of nitrogens with zero attached hydrogens (tertiary/aromatic N) is 2. The van der Waals surface area contributed by atoms with Crippen LogP contribution in [0.3, 0.4) is 0 Å². The highest BCUT2D eigenvalue weighted by Crippen LogP contribution is 2.33. The van der Waals surface area contributed by atoms with Gasteiger partial charge in [-0.2, -0.15) is 5.10 Å². The lowest BCUT2D eigenvalue weighted by atomic mass is 9.86. The highest BCUT2D eigenvalue weighted by atomic mass is 16.3. The lowest BCUT2D eigenvalue weighted by Crippen LogP contribution is -2.30. The average molecular weight is 244 g/mol. The number of aromatic nitrogens is 2. The second-order valence-electron chi connectivity index (χ2n) is 4.51. The molecule has 1 unspecified atom stereocenters. The van der Waals surface area contributed by atoms with Crippen LogP contribution in [-0.2, 0) is 12.1 Å². The minimum absolute atomic E-state index is 0.697. The molecule has 1 heterocycles. The molecule has 0 saturated carbocycles. The SMILES string of the molecule is CCCC(O)(c1ccccc1)c1ccnn1CC. The molecular weight excluding hydrogens is 224 g/mol. The minimum atomic E-state index is -0.942. The van der Waals surface area contributed by atoms with Crippen molar-refractivity contribution in [3.05, 3.63) is 53.9 Å². The van der Waals surface area contributed by atoms with Crippen LogP contribution in [0.15, 0.2) is 42.6 Å². The third-order valence-electron chi connectivity index (χ3n) is 3.30. The fourth-order valence-corrected chi connectivity index (χ4v) is 2.43. The monoisotopic (exact) mass is 244 g/mol. The number of benzene rings is 1. The summed E-state index contributed by atoms with van der Waals surface area (Å²) in [5, 5.41) is 15.4. The molecule has 3 nitrogen and oxygen atoms in total. The van der Waals surface area contributed by atoms with Gasteiger partial charge in [-0.1, -0.05) is 43.7 Å². The highest BCUT2D eigenvalue weighted by molar-refractivity contribution is 5.32. The summed E-state index contributed by atoms with van der Waals surface area (Å²) >= 11 is 0. The van der Waals surface area contributed by atoms with Gasteiger partial charge in [0.05, 0.1) is 5.69 Å². The summed E-state index contributed by atoms with van der Waals surface area (Å²) < 4.78 is 1.86. The molecule has 0 aliphatic rings. The van der Waals surface area contributed by atoms with Gasteiger partial charge in [-0.25, -0.2) is 0 Å². The number of aryl methyl sites for hydroxylation is 1. The summed E-state index contributed by atoms with van der Waals surface area (Å²) in [7, 11) is 0. The number of aliphatic hydroxyl groups is 1. The average Bonchev–Trinajstić information content (AvgIpc) is 2.89. The van der Waals surface area contributed by atoms with E-state index in [0.29, 0.717) is 6.42 Å². The quantitative estimate of drug-likeness (QED) is 0.878. The first kappa shape index (κ1) is 12.8. The first-order chi connectivity index (χ1) is 8.72. The molecule has 1 N–H and O–H groups in total. The van der Waals surface area contributed by atoms with Crippen molar-refractivity contribution < 1.29 is 5.11 Å². The summed E-state index contributed by atoms with van der Waals surface area (Å²) in [4.78, 5) is 0. The first-order valence-corrected chi connectivity index (χ1v) is 6.52. The van der Waals surface area contributed by atoms with Gasteiger partial charge < -0.3 is 5.11 Å². The molecule has 0 radical (unpaired) electrons. The summed E-state index contributed by atoms with van der Waals surface area (Å²) in [6, 6.07) is 11.7. The summed E-state index contributed by atoms with van der Waals surface area (Å²) in [5.74, 6) is 0. The van der Waals surface area contributed by atoms with Crippen molar-refractivity contribution in [3.63, 3.8) is 0 Å². The van der Waals surface area contributed by atoms with Crippen LogP contribution in [0.2, 0.25) is 0 Å². The maximum atomic E-state index is 11.1. The molecule has 18 heavy (non-hydrogen) atoms. The van der Waals surface area contributed by atoms with Crippen LogP contribution < -0.4 is 0 Å². The van der Waals surface area contributed by atoms with Gasteiger partial charge in [-0.05, 0) is 25.0 Å². The molecule has 2 rings (SSSR count). The van der Waals surface area contributed by atoms with E-state index in [-0.39, 0.29) is 0 Å². The van der Waals surface area contributed by atoms with Gasteiger partial charge in [-0.3, -0.25) is 4.68 Å². The van der Waals surface area contributed by atoms with Gasteiger partial charge in [0.25, 0.3) is 0 Å². The fourth-order valence-electron chi connectivity index (χ4n) is 2.43. The summed E-state index contributed by atoms with van der Waals surface area (Å²) in [6.07, 6.45) is 3.37. The molecule has 0 saturated heterocycles. The molecule has 1 aromatic heterocycles. The van der Waals surface area contributed by atoms with Crippen LogP contribution in [0.5, 0.6) is 0 Å². The van der Waals surface area contributed by atoms with Crippen molar-refractivity contribution in [1.29, 1.82) is 0 Å². The standard InChI is InChI=1S/C15H20N2O/c1-3-11-15(18,13-8-6-5-7-9-13)14-10-12-16-17(14)4-2/h5-10,12,18H,3-4,11H2,1-2H3. The number of hydrogen-bond acceptors (Lipinski definition) is 2. The van der Waals surface area contributed by atoms with Crippen molar-refractivity contribution in [1.82, 2.24) is 9.78 Å². The Bertz CT molecular complexity index is 492. The van der Waals surface area contributed by atoms with Crippen LogP contribution in [0.1, 0.15) is 37.9 Å². The van der Waals surface area contributed by atoms with Gasteiger partial charge in [0.1, 0.15) is 5.60 Å². The Morgan fingerprint density at radius 1 is 1.17 bits per heavy atom. The van der Waals surface area contributed by atoms with Gasteiger partial charge in [0.15, 0.2) is 0 Å². The second-order valence-corrected chi connectivity index (χ2v) is 4.51. The van der Waals surface area contributed by atoms with Gasteiger partial charge in [-0.15, -0.1) is 0 Å². The van der Waals surface area contributed by atoms with Crippen molar-refractivity contribution >= 4 is 0 Å². The molecule has 2 aromatic rings. The maximum Gasteiger partial charge on any atom is 0.131 e. The minimum Gasteiger partial charge on any atom is -0.379 e. The van der Waals surface area contributed by atoms with Crippen LogP contribution in [0.25, 0.3) is 0 Å². The van der Waals surface area contributed by atoms with Crippen LogP contribution in [0.4, 0.5) is 0 Å². The van der Waals surface area contributed by atoms with E-state index >= 15 is 0 Å². The van der Waals surface area contributed by atoms with E-state index in [1.807, 2.05) is 48.0 Å². The topological polar surface area (TPSA) is 38.1 Å². The predicted molar refractivity (Wildman–Crippen MR) is 72.2 cm³/mol. The molecule has 0 fully saturated rings. The normalized spacial score (nSPS) is 14.4. The maximum absolute atomic E-state index is 11.1. The molecule has 0 aliphatic heterocycles. The lowest BCUT2D eigenvalue weighted by Gasteiger charge is -2.29. The molecule has 0 bridgehead atoms. The Morgan fingerprint density at radius 2 is 1.89 bits per heavy atom. The van der Waals surface area contributed by atoms with Crippen molar-refractivity contribution in [2.45, 2.75) is 38.8 Å². The van der Waals surface area contributed by atoms with E-state index in [0.717, 1.165) is 24.2 Å². The van der Waals surface area contributed by atoms with E-state index in [1.54, 1.807) is 6.20 Å². The smallest absolute Gasteiger partial charge is 0.131 e. The lowest BCUT2D eigenvalue weighted by molar-refractivity contribution is 0.0606. The van der Waals surface area contributed by atoms with Gasteiger partial charge in [0, 0.05) is 12.7 Å². The van der Waals surface area contributed by atoms with Crippen molar-refractivity contribution in [2.24, 2.45) is 0 Å². The molecule has 3 heteroatoms. The number of rotatable bonds is 5. The predicted octanol–water partition coefficient (Wildman–Crippen LogP) is 2.94. The third-order valence-corrected chi connectivity index (χ3v) is 3.30. The zero-order chi connectivity index (χ0) is 13.0. The third kappa shape index (κ3) is 2.18. The van der Waals surface area contributed by atoms with E-state index in [9.17, 15) is 5.11 Å². The Balaban J connectivity index is 2.51. The molecule has 0 spiro atoms. The zero-order valence-corrected chi connectivity index (χ0v) is 11.0. The van der Waals surface area contributed by atoms with Gasteiger partial charge >= 0.3 is 0 Å². The van der Waals surface area contributed by atoms with Crippen LogP contribution in [-0.4, -0.2) is 14.9 Å². The van der Waals surface area contributed by atoms with Crippen LogP contribution >= 0.6 is 0 Å². The molecule has 0 amide bonds. The molecule has 1 aromatic carbocycles. The van der Waals surface area contributed by atoms with E-state index in [1.165, 1.54) is 0 Å². The zero-order valence-electron chi connectivity index (χ0n) is 11.0. The van der Waals surface area contributed by atoms with Gasteiger partial charge in [0.2, 0.25) is 0 Å². The number of hydrogen-bond donors (Lipinski definition) is 1. The van der Waals surface area contributed by atoms with E-state index in [2.05, 4.69) is 12.0 Å². The fraction of sp³-hybridized carbons (Fsp3) is 0.400. The summed E-state index contributed by atoms with van der Waals surface area (Å²) in [6.45, 7) is 4.88. The van der Waals surface area contributed by atoms with Crippen LogP contribution in [0, 0.1) is 0 Å². The Hall–Kier alpha value is -1.61. The van der Waals surface area contributed by atoms with Crippen molar-refractivity contribution in [2.75, 3.05) is 0 Å². The Morgan fingerprint density at radius 3 is 2.50 bits per heavy atom. The second kappa shape index (κ2) is 5.36. The van der Waals surface area contributed by atoms with Crippen molar-refractivity contribution in [3.8, 4) is 0 Å².